The number of pyridine rings is 1. The highest BCUT2D eigenvalue weighted by molar-refractivity contribution is 7.80. The minimum atomic E-state index is 0.0689. The predicted molar refractivity (Wildman–Crippen MR) is 194 cm³/mol. The zero-order valence-electron chi connectivity index (χ0n) is 27.3. The van der Waals surface area contributed by atoms with E-state index in [9.17, 15) is 4.79 Å². The second-order valence-corrected chi connectivity index (χ2v) is 14.5. The van der Waals surface area contributed by atoms with Crippen LogP contribution in [-0.2, 0) is 27.4 Å². The Balaban J connectivity index is 0.962. The first kappa shape index (κ1) is 33.2. The Bertz CT molecular complexity index is 1760. The van der Waals surface area contributed by atoms with Gasteiger partial charge in [-0.25, -0.2) is 0 Å². The molecule has 3 fully saturated rings. The number of hydrogen-bond acceptors (Lipinski definition) is 6. The standard InChI is InChI=1S/C38H44ClN5O3S/c39-34-28(7-8-32-33(26-4-3-5-27(20-26)36(40)48)24-44(35(32)34)31-9-17-46-18-10-31)23-42-37(45)29-21-38(22-29)11-14-43(15-12-38)16-19-47-25-30-6-1-2-13-41-30/h1-8,13,20,24,29,31H,9-12,14-19,21-23,25H2,(H2,40,48)(H,42,45). The molecule has 1 spiro atoms. The van der Waals surface area contributed by atoms with Crippen molar-refractivity contribution in [3.8, 4) is 11.1 Å². The van der Waals surface area contributed by atoms with Gasteiger partial charge in [0.25, 0.3) is 0 Å². The van der Waals surface area contributed by atoms with Crippen LogP contribution in [0.25, 0.3) is 22.0 Å². The van der Waals surface area contributed by atoms with Gasteiger partial charge >= 0.3 is 0 Å². The second-order valence-electron chi connectivity index (χ2n) is 13.7. The number of amides is 1. The molecule has 2 aliphatic heterocycles. The van der Waals surface area contributed by atoms with Crippen LogP contribution in [0.2, 0.25) is 5.02 Å². The average molecular weight is 686 g/mol. The van der Waals surface area contributed by atoms with Crippen molar-refractivity contribution in [2.45, 2.75) is 57.7 Å². The number of carbonyl (C=O) groups excluding carboxylic acids is 1. The molecule has 0 bridgehead atoms. The molecule has 252 valence electrons. The summed E-state index contributed by atoms with van der Waals surface area (Å²) in [6, 6.07) is 18.4. The molecule has 8 nitrogen and oxygen atoms in total. The van der Waals surface area contributed by atoms with Gasteiger partial charge in [-0.2, -0.15) is 0 Å². The molecule has 0 atom stereocenters. The third-order valence-corrected chi connectivity index (χ3v) is 11.3. The van der Waals surface area contributed by atoms with Gasteiger partial charge in [-0.1, -0.05) is 60.2 Å². The molecule has 1 amide bonds. The lowest BCUT2D eigenvalue weighted by Gasteiger charge is -2.51. The van der Waals surface area contributed by atoms with Crippen LogP contribution in [-0.4, -0.2) is 64.8 Å². The molecular weight excluding hydrogens is 642 g/mol. The molecule has 2 aromatic heterocycles. The fourth-order valence-corrected chi connectivity index (χ4v) is 8.27. The lowest BCUT2D eigenvalue weighted by molar-refractivity contribution is -0.135. The highest BCUT2D eigenvalue weighted by atomic mass is 35.5. The number of thiocarbonyl (C=S) groups is 1. The molecule has 0 unspecified atom stereocenters. The summed E-state index contributed by atoms with van der Waals surface area (Å²) in [6.45, 7) is 6.19. The van der Waals surface area contributed by atoms with Crippen molar-refractivity contribution in [2.24, 2.45) is 17.1 Å². The van der Waals surface area contributed by atoms with Crippen LogP contribution in [0.4, 0.5) is 0 Å². The number of carbonyl (C=O) groups is 1. The van der Waals surface area contributed by atoms with E-state index in [1.54, 1.807) is 6.20 Å². The molecule has 2 aromatic carbocycles. The van der Waals surface area contributed by atoms with E-state index in [1.165, 1.54) is 0 Å². The van der Waals surface area contributed by atoms with E-state index in [1.807, 2.05) is 36.4 Å². The van der Waals surface area contributed by atoms with E-state index in [2.05, 4.69) is 44.2 Å². The number of nitrogens with one attached hydrogen (secondary N) is 1. The Morgan fingerprint density at radius 3 is 2.67 bits per heavy atom. The van der Waals surface area contributed by atoms with E-state index < -0.39 is 0 Å². The molecule has 7 rings (SSSR count). The van der Waals surface area contributed by atoms with Crippen LogP contribution >= 0.6 is 23.8 Å². The Hall–Kier alpha value is -3.34. The van der Waals surface area contributed by atoms with E-state index in [0.717, 1.165) is 110 Å². The summed E-state index contributed by atoms with van der Waals surface area (Å²) in [6.07, 6.45) is 10.1. The Morgan fingerprint density at radius 1 is 1.10 bits per heavy atom. The number of aromatic nitrogens is 2. The number of rotatable bonds is 11. The van der Waals surface area contributed by atoms with Gasteiger partial charge in [-0.3, -0.25) is 9.78 Å². The average Bonchev–Trinajstić information content (AvgIpc) is 3.50. The first-order valence-corrected chi connectivity index (χ1v) is 18.0. The van der Waals surface area contributed by atoms with Gasteiger partial charge < -0.3 is 30.0 Å². The molecule has 3 N–H and O–H groups in total. The number of halogens is 1. The van der Waals surface area contributed by atoms with Crippen molar-refractivity contribution in [3.63, 3.8) is 0 Å². The number of nitrogens with zero attached hydrogens (tertiary/aromatic N) is 3. The number of nitrogens with two attached hydrogens (primary N) is 1. The predicted octanol–water partition coefficient (Wildman–Crippen LogP) is 6.67. The topological polar surface area (TPSA) is 94.6 Å². The minimum Gasteiger partial charge on any atom is -0.389 e. The molecule has 48 heavy (non-hydrogen) atoms. The molecule has 1 aliphatic carbocycles. The number of piperidine rings is 1. The molecule has 2 saturated heterocycles. The second kappa shape index (κ2) is 14.6. The van der Waals surface area contributed by atoms with Crippen molar-refractivity contribution in [1.82, 2.24) is 19.8 Å². The van der Waals surface area contributed by atoms with Gasteiger partial charge in [0.2, 0.25) is 5.91 Å². The normalized spacial score (nSPS) is 18.6. The number of hydrogen-bond donors (Lipinski definition) is 2. The number of ether oxygens (including phenoxy) is 2. The van der Waals surface area contributed by atoms with Gasteiger partial charge in [-0.15, -0.1) is 0 Å². The van der Waals surface area contributed by atoms with Gasteiger partial charge in [-0.05, 0) is 86.4 Å². The summed E-state index contributed by atoms with van der Waals surface area (Å²) in [4.78, 5) is 20.5. The summed E-state index contributed by atoms with van der Waals surface area (Å²) in [5.41, 5.74) is 12.1. The maximum Gasteiger partial charge on any atom is 0.223 e. The van der Waals surface area contributed by atoms with E-state index >= 15 is 0 Å². The van der Waals surface area contributed by atoms with Crippen molar-refractivity contribution >= 4 is 45.6 Å². The number of fused-ring (bicyclic) bond motifs is 1. The van der Waals surface area contributed by atoms with Crippen molar-refractivity contribution in [3.05, 3.63) is 88.8 Å². The van der Waals surface area contributed by atoms with E-state index in [0.29, 0.717) is 35.2 Å². The first-order valence-electron chi connectivity index (χ1n) is 17.2. The lowest BCUT2D eigenvalue weighted by atomic mass is 9.57. The Kier molecular flexibility index (Phi) is 10.1. The lowest BCUT2D eigenvalue weighted by Crippen LogP contribution is -2.51. The van der Waals surface area contributed by atoms with Crippen molar-refractivity contribution in [1.29, 1.82) is 0 Å². The zero-order chi connectivity index (χ0) is 33.1. The summed E-state index contributed by atoms with van der Waals surface area (Å²) < 4.78 is 13.8. The Labute approximate surface area is 292 Å². The maximum absolute atomic E-state index is 13.3. The smallest absolute Gasteiger partial charge is 0.223 e. The highest BCUT2D eigenvalue weighted by Gasteiger charge is 2.48. The van der Waals surface area contributed by atoms with Crippen LogP contribution in [0.5, 0.6) is 0 Å². The molecule has 1 saturated carbocycles. The van der Waals surface area contributed by atoms with Crippen LogP contribution in [0.1, 0.15) is 61.4 Å². The minimum absolute atomic E-state index is 0.0689. The first-order chi connectivity index (χ1) is 23.4. The fraction of sp³-hybridized carbons (Fsp3) is 0.447. The van der Waals surface area contributed by atoms with Crippen LogP contribution < -0.4 is 11.1 Å². The van der Waals surface area contributed by atoms with Gasteiger partial charge in [0.05, 0.1) is 29.4 Å². The largest absolute Gasteiger partial charge is 0.389 e. The maximum atomic E-state index is 13.3. The number of likely N-dealkylation sites (tertiary alicyclic amines) is 1. The van der Waals surface area contributed by atoms with Gasteiger partial charge in [0.1, 0.15) is 4.99 Å². The summed E-state index contributed by atoms with van der Waals surface area (Å²) in [5, 5.41) is 5.00. The molecule has 4 aromatic rings. The summed E-state index contributed by atoms with van der Waals surface area (Å²) >= 11 is 12.5. The number of benzene rings is 2. The third-order valence-electron chi connectivity index (χ3n) is 10.7. The molecule has 0 radical (unpaired) electrons. The van der Waals surface area contributed by atoms with E-state index in [4.69, 9.17) is 39.0 Å². The Morgan fingerprint density at radius 2 is 1.92 bits per heavy atom. The molecular formula is C38H44ClN5O3S. The van der Waals surface area contributed by atoms with Gasteiger partial charge in [0, 0.05) is 67.2 Å². The monoisotopic (exact) mass is 685 g/mol. The summed E-state index contributed by atoms with van der Waals surface area (Å²) in [7, 11) is 0. The van der Waals surface area contributed by atoms with Crippen molar-refractivity contribution < 1.29 is 14.3 Å². The summed E-state index contributed by atoms with van der Waals surface area (Å²) in [5.74, 6) is 0.205. The van der Waals surface area contributed by atoms with Crippen LogP contribution in [0.3, 0.4) is 0 Å². The van der Waals surface area contributed by atoms with Gasteiger partial charge in [0.15, 0.2) is 0 Å². The fourth-order valence-electron chi connectivity index (χ4n) is 7.82. The molecule has 10 heteroatoms. The van der Waals surface area contributed by atoms with E-state index in [-0.39, 0.29) is 17.9 Å². The molecule has 4 heterocycles. The SMILES string of the molecule is NC(=S)c1cccc(-c2cn(C3CCOCC3)c3c(Cl)c(CNC(=O)C4CC5(CCN(CCOCc6ccccn6)CC5)C4)ccc23)c1. The van der Waals surface area contributed by atoms with Crippen molar-refractivity contribution in [2.75, 3.05) is 39.5 Å². The third kappa shape index (κ3) is 7.16. The molecule has 3 aliphatic rings. The zero-order valence-corrected chi connectivity index (χ0v) is 28.9. The quantitative estimate of drug-likeness (QED) is 0.135. The van der Waals surface area contributed by atoms with Crippen LogP contribution in [0.15, 0.2) is 67.0 Å². The van der Waals surface area contributed by atoms with Crippen LogP contribution in [0, 0.1) is 11.3 Å². The highest BCUT2D eigenvalue weighted by Crippen LogP contribution is 2.52.